The van der Waals surface area contributed by atoms with Gasteiger partial charge in [0, 0.05) is 6.07 Å². The van der Waals surface area contributed by atoms with Gasteiger partial charge in [0.1, 0.15) is 17.1 Å². The molecule has 1 aromatic rings. The molecule has 0 spiro atoms. The Kier molecular flexibility index (Phi) is 5.53. The van der Waals surface area contributed by atoms with Gasteiger partial charge in [-0.1, -0.05) is 0 Å². The number of hydrogen-bond acceptors (Lipinski definition) is 6. The monoisotopic (exact) mass is 296 g/mol. The highest BCUT2D eigenvalue weighted by molar-refractivity contribution is 5.98. The molecular formula is C13H16N2O6. The first-order valence-corrected chi connectivity index (χ1v) is 5.92. The van der Waals surface area contributed by atoms with Crippen LogP contribution in [0.25, 0.3) is 0 Å². The summed E-state index contributed by atoms with van der Waals surface area (Å²) in [6.07, 6.45) is -1.18. The Hall–Kier alpha value is -2.77. The number of nitrogens with one attached hydrogen (secondary N) is 1. The molecule has 8 nitrogen and oxygen atoms in total. The van der Waals surface area contributed by atoms with E-state index in [4.69, 9.17) is 19.9 Å². The number of hydrogen-bond donors (Lipinski definition) is 2. The van der Waals surface area contributed by atoms with Crippen molar-refractivity contribution in [3.63, 3.8) is 0 Å². The lowest BCUT2D eigenvalue weighted by Crippen LogP contribution is -2.42. The van der Waals surface area contributed by atoms with E-state index in [1.165, 1.54) is 33.3 Å². The fourth-order valence-corrected chi connectivity index (χ4v) is 1.47. The molecule has 0 radical (unpaired) electrons. The molecule has 1 aromatic carbocycles. The molecule has 114 valence electrons. The number of carbonyl (C=O) groups is 3. The van der Waals surface area contributed by atoms with Crippen molar-refractivity contribution >= 4 is 17.9 Å². The normalized spacial score (nSPS) is 11.2. The maximum Gasteiger partial charge on any atom is 0.342 e. The number of carbonyl (C=O) groups excluding carboxylic acids is 3. The van der Waals surface area contributed by atoms with E-state index in [1.54, 1.807) is 6.07 Å². The average Bonchev–Trinajstić information content (AvgIpc) is 2.45. The summed E-state index contributed by atoms with van der Waals surface area (Å²) in [5, 5.41) is 1.82. The lowest BCUT2D eigenvalue weighted by Gasteiger charge is -2.14. The second kappa shape index (κ2) is 7.13. The molecule has 0 saturated carbocycles. The van der Waals surface area contributed by atoms with Gasteiger partial charge in [-0.3, -0.25) is 10.1 Å². The van der Waals surface area contributed by atoms with Gasteiger partial charge in [-0.2, -0.15) is 0 Å². The molecular weight excluding hydrogens is 280 g/mol. The Balaban J connectivity index is 2.84. The van der Waals surface area contributed by atoms with Crippen LogP contribution < -0.4 is 20.5 Å². The van der Waals surface area contributed by atoms with E-state index in [0.29, 0.717) is 5.75 Å². The zero-order chi connectivity index (χ0) is 16.0. The van der Waals surface area contributed by atoms with Gasteiger partial charge in [0.2, 0.25) is 0 Å². The molecule has 0 aliphatic carbocycles. The molecule has 0 heterocycles. The van der Waals surface area contributed by atoms with Crippen molar-refractivity contribution in [2.45, 2.75) is 13.0 Å². The second-order valence-electron chi connectivity index (χ2n) is 3.97. The summed E-state index contributed by atoms with van der Waals surface area (Å²) in [7, 11) is 2.86. The van der Waals surface area contributed by atoms with E-state index in [2.05, 4.69) is 0 Å². The van der Waals surface area contributed by atoms with Gasteiger partial charge in [0.15, 0.2) is 6.10 Å². The van der Waals surface area contributed by atoms with Crippen molar-refractivity contribution < 1.29 is 28.6 Å². The van der Waals surface area contributed by atoms with Gasteiger partial charge in [0.25, 0.3) is 5.91 Å². The van der Waals surface area contributed by atoms with Gasteiger partial charge >= 0.3 is 12.0 Å². The highest BCUT2D eigenvalue weighted by Gasteiger charge is 2.22. The Morgan fingerprint density at radius 1 is 1.19 bits per heavy atom. The zero-order valence-electron chi connectivity index (χ0n) is 11.8. The summed E-state index contributed by atoms with van der Waals surface area (Å²) in [6.45, 7) is 1.31. The molecule has 0 fully saturated rings. The predicted molar refractivity (Wildman–Crippen MR) is 72.1 cm³/mol. The van der Waals surface area contributed by atoms with E-state index >= 15 is 0 Å². The van der Waals surface area contributed by atoms with Crippen LogP contribution in [0.1, 0.15) is 17.3 Å². The third-order valence-electron chi connectivity index (χ3n) is 2.53. The molecule has 0 saturated heterocycles. The number of ether oxygens (including phenoxy) is 3. The molecule has 0 aliphatic heterocycles. The lowest BCUT2D eigenvalue weighted by atomic mass is 10.2. The standard InChI is InChI=1S/C13H16N2O6/c1-7(11(16)15-13(14)18)21-12(17)9-5-4-8(19-2)6-10(9)20-3/h4-7H,1-3H3,(H3,14,15,16,18)/t7-/m0/s1. The second-order valence-corrected chi connectivity index (χ2v) is 3.97. The number of urea groups is 1. The summed E-state index contributed by atoms with van der Waals surface area (Å²) in [5.74, 6) is -0.852. The molecule has 3 amide bonds. The number of amides is 3. The summed E-state index contributed by atoms with van der Waals surface area (Å²) < 4.78 is 15.0. The van der Waals surface area contributed by atoms with Crippen LogP contribution in [0, 0.1) is 0 Å². The molecule has 8 heteroatoms. The number of primary amides is 1. The number of nitrogens with two attached hydrogens (primary N) is 1. The van der Waals surface area contributed by atoms with Crippen LogP contribution in [0.5, 0.6) is 11.5 Å². The lowest BCUT2D eigenvalue weighted by molar-refractivity contribution is -0.127. The first-order valence-electron chi connectivity index (χ1n) is 5.92. The van der Waals surface area contributed by atoms with E-state index in [0.717, 1.165) is 0 Å². The molecule has 1 rings (SSSR count). The predicted octanol–water partition coefficient (Wildman–Crippen LogP) is 0.444. The van der Waals surface area contributed by atoms with Gasteiger partial charge in [0.05, 0.1) is 14.2 Å². The summed E-state index contributed by atoms with van der Waals surface area (Å²) >= 11 is 0. The van der Waals surface area contributed by atoms with Crippen molar-refractivity contribution in [1.29, 1.82) is 0 Å². The van der Waals surface area contributed by atoms with Crippen molar-refractivity contribution in [2.24, 2.45) is 5.73 Å². The first kappa shape index (κ1) is 16.3. The Morgan fingerprint density at radius 3 is 2.38 bits per heavy atom. The van der Waals surface area contributed by atoms with E-state index < -0.39 is 24.0 Å². The smallest absolute Gasteiger partial charge is 0.342 e. The van der Waals surface area contributed by atoms with Crippen LogP contribution in [0.15, 0.2) is 18.2 Å². The van der Waals surface area contributed by atoms with Crippen LogP contribution in [-0.4, -0.2) is 38.2 Å². The molecule has 0 aromatic heterocycles. The number of esters is 1. The van der Waals surface area contributed by atoms with Gasteiger partial charge < -0.3 is 19.9 Å². The molecule has 1 atom stereocenters. The van der Waals surface area contributed by atoms with Crippen molar-refractivity contribution in [3.8, 4) is 11.5 Å². The van der Waals surface area contributed by atoms with Gasteiger partial charge in [-0.05, 0) is 19.1 Å². The highest BCUT2D eigenvalue weighted by atomic mass is 16.5. The maximum atomic E-state index is 12.0. The molecule has 3 N–H and O–H groups in total. The molecule has 0 bridgehead atoms. The van der Waals surface area contributed by atoms with Crippen LogP contribution in [0.3, 0.4) is 0 Å². The number of imide groups is 1. The zero-order valence-corrected chi connectivity index (χ0v) is 11.8. The highest BCUT2D eigenvalue weighted by Crippen LogP contribution is 2.25. The van der Waals surface area contributed by atoms with Crippen molar-refractivity contribution in [2.75, 3.05) is 14.2 Å². The average molecular weight is 296 g/mol. The van der Waals surface area contributed by atoms with E-state index in [1.807, 2.05) is 5.32 Å². The minimum absolute atomic E-state index is 0.122. The van der Waals surface area contributed by atoms with Crippen LogP contribution in [-0.2, 0) is 9.53 Å². The SMILES string of the molecule is COc1ccc(C(=O)O[C@@H](C)C(=O)NC(N)=O)c(OC)c1. The number of rotatable bonds is 5. The fraction of sp³-hybridized carbons (Fsp3) is 0.308. The van der Waals surface area contributed by atoms with E-state index in [9.17, 15) is 14.4 Å². The molecule has 0 unspecified atom stereocenters. The minimum atomic E-state index is -1.18. The summed E-state index contributed by atoms with van der Waals surface area (Å²) in [5.41, 5.74) is 4.93. The quantitative estimate of drug-likeness (QED) is 0.762. The largest absolute Gasteiger partial charge is 0.497 e. The maximum absolute atomic E-state index is 12.0. The van der Waals surface area contributed by atoms with Crippen LogP contribution in [0.4, 0.5) is 4.79 Å². The fourth-order valence-electron chi connectivity index (χ4n) is 1.47. The van der Waals surface area contributed by atoms with Crippen molar-refractivity contribution in [1.82, 2.24) is 5.32 Å². The van der Waals surface area contributed by atoms with Gasteiger partial charge in [-0.15, -0.1) is 0 Å². The summed E-state index contributed by atoms with van der Waals surface area (Å²) in [6, 6.07) is 3.47. The number of benzene rings is 1. The molecule has 0 aliphatic rings. The first-order chi connectivity index (χ1) is 9.88. The minimum Gasteiger partial charge on any atom is -0.497 e. The third kappa shape index (κ3) is 4.37. The van der Waals surface area contributed by atoms with Crippen LogP contribution in [0.2, 0.25) is 0 Å². The number of methoxy groups -OCH3 is 2. The Morgan fingerprint density at radius 2 is 1.86 bits per heavy atom. The third-order valence-corrected chi connectivity index (χ3v) is 2.53. The van der Waals surface area contributed by atoms with Gasteiger partial charge in [-0.25, -0.2) is 9.59 Å². The van der Waals surface area contributed by atoms with Crippen LogP contribution >= 0.6 is 0 Å². The van der Waals surface area contributed by atoms with E-state index in [-0.39, 0.29) is 11.3 Å². The molecule has 21 heavy (non-hydrogen) atoms. The topological polar surface area (TPSA) is 117 Å². The Bertz CT molecular complexity index is 558. The summed E-state index contributed by atoms with van der Waals surface area (Å²) in [4.78, 5) is 34.0. The Labute approximate surface area is 121 Å². The van der Waals surface area contributed by atoms with Crippen molar-refractivity contribution in [3.05, 3.63) is 23.8 Å².